The molecule has 0 bridgehead atoms. The van der Waals surface area contributed by atoms with E-state index in [1.807, 2.05) is 0 Å². The van der Waals surface area contributed by atoms with E-state index in [4.69, 9.17) is 9.47 Å². The molecule has 144 valence electrons. The first-order valence-corrected chi connectivity index (χ1v) is 9.38. The van der Waals surface area contributed by atoms with E-state index < -0.39 is 0 Å². The van der Waals surface area contributed by atoms with Crippen molar-refractivity contribution < 1.29 is 9.47 Å². The van der Waals surface area contributed by atoms with Gasteiger partial charge in [0.25, 0.3) is 0 Å². The molecular formula is C18H38IN3O2. The fourth-order valence-corrected chi connectivity index (χ4v) is 2.39. The van der Waals surface area contributed by atoms with Gasteiger partial charge in [0.15, 0.2) is 5.96 Å². The molecule has 1 aliphatic rings. The van der Waals surface area contributed by atoms with Gasteiger partial charge < -0.3 is 20.1 Å². The Hall–Kier alpha value is -0.0800. The van der Waals surface area contributed by atoms with Gasteiger partial charge in [-0.2, -0.15) is 0 Å². The topological polar surface area (TPSA) is 54.9 Å². The minimum atomic E-state index is 0. The first kappa shape index (κ1) is 23.9. The van der Waals surface area contributed by atoms with Crippen molar-refractivity contribution in [3.05, 3.63) is 0 Å². The summed E-state index contributed by atoms with van der Waals surface area (Å²) in [5, 5.41) is 6.70. The summed E-state index contributed by atoms with van der Waals surface area (Å²) in [5.41, 5.74) is 0. The predicted octanol–water partition coefficient (Wildman–Crippen LogP) is 3.43. The molecule has 1 saturated carbocycles. The third kappa shape index (κ3) is 12.3. The van der Waals surface area contributed by atoms with E-state index in [9.17, 15) is 0 Å². The molecule has 0 radical (unpaired) electrons. The molecular weight excluding hydrogens is 417 g/mol. The zero-order valence-electron chi connectivity index (χ0n) is 16.0. The minimum absolute atomic E-state index is 0. The maximum Gasteiger partial charge on any atom is 0.191 e. The number of hydrogen-bond donors (Lipinski definition) is 2. The lowest BCUT2D eigenvalue weighted by molar-refractivity contribution is 0.0258. The Bertz CT molecular complexity index is 323. The maximum atomic E-state index is 5.78. The fraction of sp³-hybridized carbons (Fsp3) is 0.944. The normalized spacial score (nSPS) is 16.0. The number of nitrogens with one attached hydrogen (secondary N) is 2. The molecule has 5 nitrogen and oxygen atoms in total. The van der Waals surface area contributed by atoms with Crippen molar-refractivity contribution in [1.82, 2.24) is 10.6 Å². The SMILES string of the molecule is CCNC(=NCCCOCC1CC1)NCCC(OCC)C(C)C.I. The molecule has 0 saturated heterocycles. The highest BCUT2D eigenvalue weighted by molar-refractivity contribution is 14.0. The molecule has 1 atom stereocenters. The van der Waals surface area contributed by atoms with E-state index in [0.717, 1.165) is 64.2 Å². The molecule has 0 aliphatic heterocycles. The van der Waals surface area contributed by atoms with Gasteiger partial charge >= 0.3 is 0 Å². The summed E-state index contributed by atoms with van der Waals surface area (Å²) in [6, 6.07) is 0. The molecule has 0 amide bonds. The van der Waals surface area contributed by atoms with Crippen LogP contribution in [0.4, 0.5) is 0 Å². The number of guanidine groups is 1. The molecule has 2 N–H and O–H groups in total. The molecule has 0 aromatic carbocycles. The Labute approximate surface area is 165 Å². The highest BCUT2D eigenvalue weighted by atomic mass is 127. The monoisotopic (exact) mass is 455 g/mol. The zero-order chi connectivity index (χ0) is 16.9. The van der Waals surface area contributed by atoms with Crippen LogP contribution in [0.15, 0.2) is 4.99 Å². The Morgan fingerprint density at radius 1 is 1.21 bits per heavy atom. The van der Waals surface area contributed by atoms with Crippen molar-refractivity contribution >= 4 is 29.9 Å². The first-order valence-electron chi connectivity index (χ1n) is 9.38. The number of rotatable bonds is 13. The molecule has 0 aromatic heterocycles. The molecule has 1 unspecified atom stereocenters. The third-order valence-corrected chi connectivity index (χ3v) is 3.96. The van der Waals surface area contributed by atoms with Gasteiger partial charge in [0.2, 0.25) is 0 Å². The van der Waals surface area contributed by atoms with Crippen LogP contribution in [0.5, 0.6) is 0 Å². The molecule has 6 heteroatoms. The number of hydrogen-bond acceptors (Lipinski definition) is 3. The van der Waals surface area contributed by atoms with Crippen LogP contribution < -0.4 is 10.6 Å². The molecule has 0 aromatic rings. The summed E-state index contributed by atoms with van der Waals surface area (Å²) >= 11 is 0. The first-order chi connectivity index (χ1) is 11.2. The van der Waals surface area contributed by atoms with Gasteiger partial charge in [-0.15, -0.1) is 24.0 Å². The lowest BCUT2D eigenvalue weighted by atomic mass is 10.0. The van der Waals surface area contributed by atoms with Gasteiger partial charge in [0, 0.05) is 39.5 Å². The Balaban J connectivity index is 0.00000529. The van der Waals surface area contributed by atoms with E-state index in [1.54, 1.807) is 0 Å². The molecule has 1 aliphatic carbocycles. The van der Waals surface area contributed by atoms with Gasteiger partial charge in [0.05, 0.1) is 6.10 Å². The van der Waals surface area contributed by atoms with Gasteiger partial charge in [-0.3, -0.25) is 4.99 Å². The van der Waals surface area contributed by atoms with Crippen molar-refractivity contribution in [1.29, 1.82) is 0 Å². The summed E-state index contributed by atoms with van der Waals surface area (Å²) in [4.78, 5) is 4.61. The van der Waals surface area contributed by atoms with Crippen LogP contribution in [0.2, 0.25) is 0 Å². The van der Waals surface area contributed by atoms with Crippen LogP contribution >= 0.6 is 24.0 Å². The van der Waals surface area contributed by atoms with Crippen molar-refractivity contribution in [2.75, 3.05) is 39.5 Å². The second-order valence-electron chi connectivity index (χ2n) is 6.59. The molecule has 24 heavy (non-hydrogen) atoms. The van der Waals surface area contributed by atoms with E-state index in [1.165, 1.54) is 12.8 Å². The molecule has 0 heterocycles. The number of halogens is 1. The van der Waals surface area contributed by atoms with E-state index >= 15 is 0 Å². The van der Waals surface area contributed by atoms with E-state index in [0.29, 0.717) is 12.0 Å². The summed E-state index contributed by atoms with van der Waals surface area (Å²) in [7, 11) is 0. The Kier molecular flexibility index (Phi) is 15.1. The maximum absolute atomic E-state index is 5.78. The average Bonchev–Trinajstić information content (AvgIpc) is 3.33. The lowest BCUT2D eigenvalue weighted by Crippen LogP contribution is -2.39. The summed E-state index contributed by atoms with van der Waals surface area (Å²) in [6.45, 7) is 13.7. The van der Waals surface area contributed by atoms with E-state index in [2.05, 4.69) is 43.3 Å². The molecule has 1 fully saturated rings. The minimum Gasteiger partial charge on any atom is -0.381 e. The summed E-state index contributed by atoms with van der Waals surface area (Å²) in [5.74, 6) is 2.28. The van der Waals surface area contributed by atoms with Crippen molar-refractivity contribution in [2.24, 2.45) is 16.8 Å². The summed E-state index contributed by atoms with van der Waals surface area (Å²) in [6.07, 6.45) is 5.00. The number of ether oxygens (including phenoxy) is 2. The van der Waals surface area contributed by atoms with Gasteiger partial charge in [-0.05, 0) is 51.4 Å². The largest absolute Gasteiger partial charge is 0.381 e. The second-order valence-corrected chi connectivity index (χ2v) is 6.59. The lowest BCUT2D eigenvalue weighted by Gasteiger charge is -2.21. The van der Waals surface area contributed by atoms with Crippen molar-refractivity contribution in [3.63, 3.8) is 0 Å². The van der Waals surface area contributed by atoms with Crippen LogP contribution in [0.25, 0.3) is 0 Å². The van der Waals surface area contributed by atoms with Gasteiger partial charge in [0.1, 0.15) is 0 Å². The molecule has 1 rings (SSSR count). The van der Waals surface area contributed by atoms with Crippen LogP contribution in [0, 0.1) is 11.8 Å². The van der Waals surface area contributed by atoms with Gasteiger partial charge in [-0.1, -0.05) is 13.8 Å². The highest BCUT2D eigenvalue weighted by Crippen LogP contribution is 2.28. The van der Waals surface area contributed by atoms with Crippen LogP contribution in [0.1, 0.15) is 53.4 Å². The quantitative estimate of drug-likeness (QED) is 0.193. The standard InChI is InChI=1S/C18H37N3O2.HI/c1-5-19-18(20-11-7-13-22-14-16-8-9-16)21-12-10-17(15(3)4)23-6-2;/h15-17H,5-14H2,1-4H3,(H2,19,20,21);1H. The van der Waals surface area contributed by atoms with Crippen LogP contribution in [0.3, 0.4) is 0 Å². The number of aliphatic imine (C=N–C) groups is 1. The van der Waals surface area contributed by atoms with Crippen molar-refractivity contribution in [3.8, 4) is 0 Å². The van der Waals surface area contributed by atoms with Crippen LogP contribution in [-0.4, -0.2) is 51.5 Å². The fourth-order valence-electron chi connectivity index (χ4n) is 2.39. The van der Waals surface area contributed by atoms with Gasteiger partial charge in [-0.25, -0.2) is 0 Å². The smallest absolute Gasteiger partial charge is 0.191 e. The predicted molar refractivity (Wildman–Crippen MR) is 112 cm³/mol. The average molecular weight is 455 g/mol. The Morgan fingerprint density at radius 2 is 1.96 bits per heavy atom. The number of nitrogens with zero attached hydrogens (tertiary/aromatic N) is 1. The summed E-state index contributed by atoms with van der Waals surface area (Å²) < 4.78 is 11.4. The highest BCUT2D eigenvalue weighted by Gasteiger charge is 2.20. The van der Waals surface area contributed by atoms with Crippen LogP contribution in [-0.2, 0) is 9.47 Å². The Morgan fingerprint density at radius 3 is 2.54 bits per heavy atom. The van der Waals surface area contributed by atoms with Crippen molar-refractivity contribution in [2.45, 2.75) is 59.5 Å². The second kappa shape index (κ2) is 15.2. The third-order valence-electron chi connectivity index (χ3n) is 3.96. The molecule has 0 spiro atoms. The van der Waals surface area contributed by atoms with E-state index in [-0.39, 0.29) is 24.0 Å². The zero-order valence-corrected chi connectivity index (χ0v) is 18.3.